The van der Waals surface area contributed by atoms with Crippen LogP contribution in [0.3, 0.4) is 0 Å². The average molecular weight is 217 g/mol. The summed E-state index contributed by atoms with van der Waals surface area (Å²) in [6.45, 7) is 10.8. The van der Waals surface area contributed by atoms with Crippen molar-refractivity contribution in [3.8, 4) is 0 Å². The van der Waals surface area contributed by atoms with Gasteiger partial charge in [-0.1, -0.05) is 20.8 Å². The number of rotatable bonds is 6. The number of hydrogen-bond acceptors (Lipinski definition) is 3. The molecular formula is C12H27NO2. The lowest BCUT2D eigenvalue weighted by Gasteiger charge is -2.30. The fraction of sp³-hybridized carbons (Fsp3) is 1.00. The highest BCUT2D eigenvalue weighted by Gasteiger charge is 2.21. The Hall–Kier alpha value is -0.120. The van der Waals surface area contributed by atoms with Gasteiger partial charge in [0.1, 0.15) is 0 Å². The van der Waals surface area contributed by atoms with Gasteiger partial charge in [0.25, 0.3) is 0 Å². The third kappa shape index (κ3) is 6.88. The molecule has 0 aliphatic carbocycles. The molecule has 0 aromatic rings. The average Bonchev–Trinajstić information content (AvgIpc) is 2.13. The molecule has 0 spiro atoms. The van der Waals surface area contributed by atoms with Crippen LogP contribution < -0.4 is 5.32 Å². The molecular weight excluding hydrogens is 190 g/mol. The quantitative estimate of drug-likeness (QED) is 0.713. The van der Waals surface area contributed by atoms with E-state index in [1.165, 1.54) is 0 Å². The van der Waals surface area contributed by atoms with Crippen LogP contribution in [0.15, 0.2) is 0 Å². The zero-order valence-electron chi connectivity index (χ0n) is 11.0. The van der Waals surface area contributed by atoms with E-state index >= 15 is 0 Å². The van der Waals surface area contributed by atoms with Crippen LogP contribution >= 0.6 is 0 Å². The van der Waals surface area contributed by atoms with Crippen LogP contribution in [-0.2, 0) is 4.74 Å². The highest BCUT2D eigenvalue weighted by atomic mass is 16.5. The zero-order valence-corrected chi connectivity index (χ0v) is 11.0. The SMILES string of the molecule is COC(C)C(C)NC(CO)CC(C)(C)C. The lowest BCUT2D eigenvalue weighted by Crippen LogP contribution is -2.46. The first-order chi connectivity index (χ1) is 6.80. The van der Waals surface area contributed by atoms with Gasteiger partial charge in [0.15, 0.2) is 0 Å². The topological polar surface area (TPSA) is 41.5 Å². The van der Waals surface area contributed by atoms with E-state index in [0.717, 1.165) is 6.42 Å². The Balaban J connectivity index is 4.09. The summed E-state index contributed by atoms with van der Waals surface area (Å²) in [6, 6.07) is 0.409. The van der Waals surface area contributed by atoms with Gasteiger partial charge >= 0.3 is 0 Å². The third-order valence-electron chi connectivity index (χ3n) is 2.65. The van der Waals surface area contributed by atoms with Crippen LogP contribution in [-0.4, -0.2) is 37.0 Å². The van der Waals surface area contributed by atoms with Crippen LogP contribution in [0.25, 0.3) is 0 Å². The van der Waals surface area contributed by atoms with E-state index in [2.05, 4.69) is 33.0 Å². The Bertz CT molecular complexity index is 165. The molecule has 0 aromatic carbocycles. The fourth-order valence-electron chi connectivity index (χ4n) is 1.63. The largest absolute Gasteiger partial charge is 0.395 e. The van der Waals surface area contributed by atoms with Crippen molar-refractivity contribution in [2.24, 2.45) is 5.41 Å². The summed E-state index contributed by atoms with van der Waals surface area (Å²) in [6.07, 6.45) is 1.13. The number of nitrogens with one attached hydrogen (secondary N) is 1. The molecule has 0 bridgehead atoms. The number of aliphatic hydroxyl groups excluding tert-OH is 1. The first-order valence-electron chi connectivity index (χ1n) is 5.70. The van der Waals surface area contributed by atoms with Crippen LogP contribution in [0.5, 0.6) is 0 Å². The summed E-state index contributed by atoms with van der Waals surface area (Å²) in [4.78, 5) is 0. The molecule has 0 aliphatic heterocycles. The summed E-state index contributed by atoms with van der Waals surface area (Å²) in [5.41, 5.74) is 0.233. The first-order valence-corrected chi connectivity index (χ1v) is 5.70. The Kier molecular flexibility index (Phi) is 6.41. The Morgan fingerprint density at radius 3 is 2.13 bits per heavy atom. The van der Waals surface area contributed by atoms with Crippen LogP contribution in [0, 0.1) is 5.41 Å². The van der Waals surface area contributed by atoms with Crippen LogP contribution in [0.1, 0.15) is 41.0 Å². The lowest BCUT2D eigenvalue weighted by molar-refractivity contribution is 0.0752. The molecule has 0 aliphatic rings. The zero-order chi connectivity index (χ0) is 12.1. The molecule has 15 heavy (non-hydrogen) atoms. The minimum Gasteiger partial charge on any atom is -0.395 e. The molecule has 0 fully saturated rings. The van der Waals surface area contributed by atoms with Crippen molar-refractivity contribution < 1.29 is 9.84 Å². The van der Waals surface area contributed by atoms with Crippen molar-refractivity contribution in [2.45, 2.75) is 59.2 Å². The van der Waals surface area contributed by atoms with Crippen molar-refractivity contribution in [3.63, 3.8) is 0 Å². The highest BCUT2D eigenvalue weighted by molar-refractivity contribution is 4.79. The predicted molar refractivity (Wildman–Crippen MR) is 64.0 cm³/mol. The van der Waals surface area contributed by atoms with Gasteiger partial charge in [0, 0.05) is 19.2 Å². The van der Waals surface area contributed by atoms with Gasteiger partial charge in [-0.2, -0.15) is 0 Å². The summed E-state index contributed by atoms with van der Waals surface area (Å²) in [5, 5.41) is 12.7. The van der Waals surface area contributed by atoms with Gasteiger partial charge in [-0.3, -0.25) is 0 Å². The van der Waals surface area contributed by atoms with E-state index in [1.807, 2.05) is 6.92 Å². The van der Waals surface area contributed by atoms with Crippen molar-refractivity contribution in [3.05, 3.63) is 0 Å². The third-order valence-corrected chi connectivity index (χ3v) is 2.65. The second-order valence-corrected chi connectivity index (χ2v) is 5.54. The summed E-state index contributed by atoms with van der Waals surface area (Å²) in [5.74, 6) is 0. The van der Waals surface area contributed by atoms with Gasteiger partial charge in [0.2, 0.25) is 0 Å². The molecule has 2 N–H and O–H groups in total. The maximum absolute atomic E-state index is 9.29. The van der Waals surface area contributed by atoms with Gasteiger partial charge in [-0.05, 0) is 25.7 Å². The summed E-state index contributed by atoms with van der Waals surface area (Å²) >= 11 is 0. The molecule has 3 heteroatoms. The van der Waals surface area contributed by atoms with Crippen molar-refractivity contribution in [2.75, 3.05) is 13.7 Å². The second kappa shape index (κ2) is 6.46. The molecule has 3 atom stereocenters. The van der Waals surface area contributed by atoms with Gasteiger partial charge in [-0.15, -0.1) is 0 Å². The Morgan fingerprint density at radius 1 is 1.27 bits per heavy atom. The molecule has 0 saturated heterocycles. The van der Waals surface area contributed by atoms with E-state index < -0.39 is 0 Å². The number of aliphatic hydroxyl groups is 1. The molecule has 3 unspecified atom stereocenters. The predicted octanol–water partition coefficient (Wildman–Crippen LogP) is 1.80. The fourth-order valence-corrected chi connectivity index (χ4v) is 1.63. The van der Waals surface area contributed by atoms with Gasteiger partial charge in [-0.25, -0.2) is 0 Å². The molecule has 0 amide bonds. The Morgan fingerprint density at radius 2 is 1.80 bits per heavy atom. The Labute approximate surface area is 94.2 Å². The van der Waals surface area contributed by atoms with E-state index in [4.69, 9.17) is 4.74 Å². The number of methoxy groups -OCH3 is 1. The standard InChI is InChI=1S/C12H27NO2/c1-9(10(2)15-6)13-11(8-14)7-12(3,4)5/h9-11,13-14H,7-8H2,1-6H3. The van der Waals surface area contributed by atoms with E-state index in [-0.39, 0.29) is 30.2 Å². The van der Waals surface area contributed by atoms with Crippen molar-refractivity contribution in [1.82, 2.24) is 5.32 Å². The van der Waals surface area contributed by atoms with Crippen molar-refractivity contribution >= 4 is 0 Å². The van der Waals surface area contributed by atoms with Crippen LogP contribution in [0.4, 0.5) is 0 Å². The number of hydrogen-bond donors (Lipinski definition) is 2. The van der Waals surface area contributed by atoms with E-state index in [0.29, 0.717) is 0 Å². The summed E-state index contributed by atoms with van der Waals surface area (Å²) < 4.78 is 5.24. The molecule has 0 rings (SSSR count). The smallest absolute Gasteiger partial charge is 0.0693 e. The summed E-state index contributed by atoms with van der Waals surface area (Å²) in [7, 11) is 1.71. The van der Waals surface area contributed by atoms with Gasteiger partial charge in [0.05, 0.1) is 12.7 Å². The minimum atomic E-state index is 0.151. The minimum absolute atomic E-state index is 0.151. The van der Waals surface area contributed by atoms with Crippen molar-refractivity contribution in [1.29, 1.82) is 0 Å². The molecule has 0 aromatic heterocycles. The molecule has 0 saturated carbocycles. The van der Waals surface area contributed by atoms with E-state index in [9.17, 15) is 5.11 Å². The maximum Gasteiger partial charge on any atom is 0.0693 e. The monoisotopic (exact) mass is 217 g/mol. The first kappa shape index (κ1) is 14.9. The second-order valence-electron chi connectivity index (χ2n) is 5.54. The maximum atomic E-state index is 9.29. The highest BCUT2D eigenvalue weighted by Crippen LogP contribution is 2.21. The molecule has 92 valence electrons. The van der Waals surface area contributed by atoms with Crippen LogP contribution in [0.2, 0.25) is 0 Å². The molecule has 0 radical (unpaired) electrons. The molecule has 3 nitrogen and oxygen atoms in total. The normalized spacial score (nSPS) is 18.6. The van der Waals surface area contributed by atoms with Gasteiger partial charge < -0.3 is 15.2 Å². The number of ether oxygens (including phenoxy) is 1. The molecule has 0 heterocycles. The lowest BCUT2D eigenvalue weighted by atomic mass is 9.88. The van der Waals surface area contributed by atoms with E-state index in [1.54, 1.807) is 7.11 Å².